The van der Waals surface area contributed by atoms with Gasteiger partial charge in [0.15, 0.2) is 0 Å². The molecule has 0 aliphatic heterocycles. The van der Waals surface area contributed by atoms with E-state index < -0.39 is 22.7 Å². The lowest BCUT2D eigenvalue weighted by atomic mass is 9.86. The molecule has 0 aliphatic rings. The molecule has 2 aromatic heterocycles. The van der Waals surface area contributed by atoms with Crippen molar-refractivity contribution in [3.8, 4) is 0 Å². The molecule has 2 heterocycles. The Morgan fingerprint density at radius 3 is 1.23 bits per heavy atom. The molecular formula is C40H58N4O8. The lowest BCUT2D eigenvalue weighted by Crippen LogP contribution is -2.33. The van der Waals surface area contributed by atoms with Gasteiger partial charge in [-0.15, -0.1) is 0 Å². The van der Waals surface area contributed by atoms with E-state index in [0.717, 1.165) is 22.5 Å². The summed E-state index contributed by atoms with van der Waals surface area (Å²) in [6.45, 7) is 14.9. The molecular weight excluding hydrogens is 664 g/mol. The highest BCUT2D eigenvalue weighted by Gasteiger charge is 2.34. The van der Waals surface area contributed by atoms with Gasteiger partial charge >= 0.3 is 23.9 Å². The maximum atomic E-state index is 13.4. The molecule has 0 saturated carbocycles. The van der Waals surface area contributed by atoms with Crippen LogP contribution in [0.15, 0.2) is 49.3 Å². The number of ether oxygens (including phenoxy) is 4. The van der Waals surface area contributed by atoms with Crippen LogP contribution in [0.3, 0.4) is 0 Å². The molecule has 0 radical (unpaired) electrons. The van der Waals surface area contributed by atoms with Gasteiger partial charge in [0.2, 0.25) is 0 Å². The molecule has 1 aromatic carbocycles. The van der Waals surface area contributed by atoms with Gasteiger partial charge in [-0.05, 0) is 78.4 Å². The summed E-state index contributed by atoms with van der Waals surface area (Å²) >= 11 is 0. The van der Waals surface area contributed by atoms with E-state index in [9.17, 15) is 19.2 Å². The second-order valence-electron chi connectivity index (χ2n) is 15.7. The van der Waals surface area contributed by atoms with Gasteiger partial charge in [0, 0.05) is 49.7 Å². The fraction of sp³-hybridized carbons (Fsp3) is 0.600. The molecule has 0 amide bonds. The summed E-state index contributed by atoms with van der Waals surface area (Å²) in [7, 11) is 3.78. The fourth-order valence-electron chi connectivity index (χ4n) is 5.77. The molecule has 0 unspecified atom stereocenters. The van der Waals surface area contributed by atoms with Gasteiger partial charge in [-0.2, -0.15) is 0 Å². The Bertz CT molecular complexity index is 1490. The maximum Gasteiger partial charge on any atom is 0.311 e. The van der Waals surface area contributed by atoms with E-state index in [4.69, 9.17) is 18.9 Å². The topological polar surface area (TPSA) is 141 Å². The van der Waals surface area contributed by atoms with E-state index in [2.05, 4.69) is 9.97 Å². The fourth-order valence-corrected chi connectivity index (χ4v) is 5.77. The normalized spacial score (nSPS) is 14.2. The number of esters is 4. The number of benzene rings is 1. The van der Waals surface area contributed by atoms with Gasteiger partial charge in [0.1, 0.15) is 13.2 Å². The molecule has 3 aromatic rings. The van der Waals surface area contributed by atoms with Crippen LogP contribution >= 0.6 is 0 Å². The van der Waals surface area contributed by atoms with Crippen LogP contribution in [-0.2, 0) is 78.3 Å². The number of aryl methyl sites for hydroxylation is 2. The molecule has 4 atom stereocenters. The molecule has 0 N–H and O–H groups in total. The first kappa shape index (κ1) is 41.9. The summed E-state index contributed by atoms with van der Waals surface area (Å²) < 4.78 is 26.7. The first-order chi connectivity index (χ1) is 24.4. The zero-order valence-corrected chi connectivity index (χ0v) is 32.6. The number of carbonyl (C=O) groups is 4. The van der Waals surface area contributed by atoms with Gasteiger partial charge in [0.25, 0.3) is 0 Å². The zero-order valence-electron chi connectivity index (χ0n) is 32.6. The minimum Gasteiger partial charge on any atom is -0.465 e. The molecule has 3 rings (SSSR count). The van der Waals surface area contributed by atoms with E-state index >= 15 is 0 Å². The summed E-state index contributed by atoms with van der Waals surface area (Å²) in [6, 6.07) is 7.35. The molecule has 0 saturated heterocycles. The van der Waals surface area contributed by atoms with E-state index in [-0.39, 0.29) is 62.1 Å². The van der Waals surface area contributed by atoms with Crippen molar-refractivity contribution in [1.82, 2.24) is 19.1 Å². The third-order valence-electron chi connectivity index (χ3n) is 9.27. The van der Waals surface area contributed by atoms with Crippen LogP contribution in [0.2, 0.25) is 0 Å². The van der Waals surface area contributed by atoms with Crippen LogP contribution in [0.25, 0.3) is 0 Å². The van der Waals surface area contributed by atoms with Crippen LogP contribution in [0.1, 0.15) is 90.7 Å². The number of nitrogens with zero attached hydrogens (tertiary/aromatic N) is 4. The average molecular weight is 723 g/mol. The Balaban J connectivity index is 1.61. The quantitative estimate of drug-likeness (QED) is 0.110. The van der Waals surface area contributed by atoms with Crippen LogP contribution in [0.4, 0.5) is 0 Å². The average Bonchev–Trinajstić information content (AvgIpc) is 3.69. The molecule has 286 valence electrons. The monoisotopic (exact) mass is 722 g/mol. The van der Waals surface area contributed by atoms with Gasteiger partial charge < -0.3 is 28.1 Å². The van der Waals surface area contributed by atoms with Crippen molar-refractivity contribution < 1.29 is 38.1 Å². The zero-order chi connectivity index (χ0) is 38.6. The smallest absolute Gasteiger partial charge is 0.311 e. The van der Waals surface area contributed by atoms with Crippen LogP contribution in [0.5, 0.6) is 0 Å². The van der Waals surface area contributed by atoms with Crippen molar-refractivity contribution in [1.29, 1.82) is 0 Å². The summed E-state index contributed by atoms with van der Waals surface area (Å²) in [6.07, 6.45) is 8.94. The van der Waals surface area contributed by atoms with Gasteiger partial charge in [-0.25, -0.2) is 9.97 Å². The summed E-state index contributed by atoms with van der Waals surface area (Å²) in [5.74, 6) is -2.95. The van der Waals surface area contributed by atoms with Crippen molar-refractivity contribution in [2.24, 2.45) is 48.6 Å². The standard InChI is InChI=1S/C40H58N4O8/c1-11-33(29(17-31-19-41-25-43(31)9)23-51-37(47)39(3,4)5)35(45)49-21-27-13-15-28(16-14-27)22-50-36(46)34(12-2)30(18-32-20-42-26-44(32)10)24-52-38(48)40(6,7)8/h13-16,19-20,25-26,29-30,33-34H,11-12,17-18,21-24H2,1-10H3/t29-,30-,33-,34-/m0/s1. The Hall–Kier alpha value is -4.48. The van der Waals surface area contributed by atoms with E-state index in [0.29, 0.717) is 25.7 Å². The van der Waals surface area contributed by atoms with E-state index in [1.807, 2.05) is 61.3 Å². The summed E-state index contributed by atoms with van der Waals surface area (Å²) in [4.78, 5) is 60.3. The number of hydrogen-bond acceptors (Lipinski definition) is 10. The summed E-state index contributed by atoms with van der Waals surface area (Å²) in [5, 5.41) is 0. The lowest BCUT2D eigenvalue weighted by molar-refractivity contribution is -0.160. The van der Waals surface area contributed by atoms with Crippen LogP contribution in [0, 0.1) is 34.5 Å². The number of aromatic nitrogens is 4. The third-order valence-corrected chi connectivity index (χ3v) is 9.27. The van der Waals surface area contributed by atoms with Crippen molar-refractivity contribution in [3.63, 3.8) is 0 Å². The number of hydrogen-bond donors (Lipinski definition) is 0. The first-order valence-electron chi connectivity index (χ1n) is 18.1. The van der Waals surface area contributed by atoms with Gasteiger partial charge in [0.05, 0.1) is 48.5 Å². The molecule has 0 fully saturated rings. The van der Waals surface area contributed by atoms with E-state index in [1.165, 1.54) is 0 Å². The molecule has 12 nitrogen and oxygen atoms in total. The highest BCUT2D eigenvalue weighted by Crippen LogP contribution is 2.27. The Morgan fingerprint density at radius 1 is 0.615 bits per heavy atom. The van der Waals surface area contributed by atoms with Crippen LogP contribution < -0.4 is 0 Å². The van der Waals surface area contributed by atoms with Crippen LogP contribution in [-0.4, -0.2) is 56.2 Å². The third kappa shape index (κ3) is 12.3. The molecule has 0 bridgehead atoms. The van der Waals surface area contributed by atoms with Crippen molar-refractivity contribution >= 4 is 23.9 Å². The van der Waals surface area contributed by atoms with Crippen molar-refractivity contribution in [3.05, 3.63) is 71.8 Å². The van der Waals surface area contributed by atoms with Gasteiger partial charge in [-0.1, -0.05) is 38.1 Å². The maximum absolute atomic E-state index is 13.4. The Kier molecular flexibility index (Phi) is 15.2. The molecule has 52 heavy (non-hydrogen) atoms. The Labute approximate surface area is 308 Å². The highest BCUT2D eigenvalue weighted by molar-refractivity contribution is 5.76. The SMILES string of the molecule is CC[C@H](C(=O)OCc1ccc(COC(=O)[C@@H](CC)[C@H](COC(=O)C(C)(C)C)Cc2cncn2C)cc1)[C@H](COC(=O)C(C)(C)C)Cc1cncn1C. The molecule has 12 heteroatoms. The lowest BCUT2D eigenvalue weighted by Gasteiger charge is -2.26. The predicted molar refractivity (Wildman–Crippen MR) is 195 cm³/mol. The van der Waals surface area contributed by atoms with Gasteiger partial charge in [-0.3, -0.25) is 19.2 Å². The molecule has 0 spiro atoms. The number of rotatable bonds is 18. The predicted octanol–water partition coefficient (Wildman–Crippen LogP) is 6.19. The first-order valence-corrected chi connectivity index (χ1v) is 18.1. The molecule has 0 aliphatic carbocycles. The summed E-state index contributed by atoms with van der Waals surface area (Å²) in [5.41, 5.74) is 2.10. The second-order valence-corrected chi connectivity index (χ2v) is 15.7. The van der Waals surface area contributed by atoms with Crippen molar-refractivity contribution in [2.45, 2.75) is 94.3 Å². The largest absolute Gasteiger partial charge is 0.465 e. The second kappa shape index (κ2) is 18.8. The number of carbonyl (C=O) groups excluding carboxylic acids is 4. The van der Waals surface area contributed by atoms with Crippen molar-refractivity contribution in [2.75, 3.05) is 13.2 Å². The van der Waals surface area contributed by atoms with E-state index in [1.54, 1.807) is 66.6 Å². The number of imidazole rings is 2. The minimum absolute atomic E-state index is 0.0660. The minimum atomic E-state index is -0.660. The highest BCUT2D eigenvalue weighted by atomic mass is 16.5. The Morgan fingerprint density at radius 2 is 0.962 bits per heavy atom.